The van der Waals surface area contributed by atoms with Crippen molar-refractivity contribution in [1.29, 1.82) is 0 Å². The lowest BCUT2D eigenvalue weighted by Crippen LogP contribution is -2.10. The number of amidine groups is 1. The predicted octanol–water partition coefficient (Wildman–Crippen LogP) is 3.04. The van der Waals surface area contributed by atoms with E-state index in [1.165, 1.54) is 0 Å². The Bertz CT molecular complexity index is 682. The quantitative estimate of drug-likeness (QED) is 0.827. The molecule has 2 aromatic rings. The van der Waals surface area contributed by atoms with Gasteiger partial charge >= 0.3 is 0 Å². The van der Waals surface area contributed by atoms with E-state index < -0.39 is 0 Å². The lowest BCUT2D eigenvalue weighted by atomic mass is 10.0. The van der Waals surface area contributed by atoms with Gasteiger partial charge in [0.25, 0.3) is 0 Å². The van der Waals surface area contributed by atoms with E-state index >= 15 is 0 Å². The fraction of sp³-hybridized carbons (Fsp3) is 0. The van der Waals surface area contributed by atoms with Crippen molar-refractivity contribution in [3.63, 3.8) is 0 Å². The number of nitrogens with two attached hydrogens (primary N) is 1. The standard InChI is InChI=1S/C16H13N3/c17-15-10-11-18-16(12-6-2-1-3-7-12)13-8-4-5-9-14(13)19-15/h1-11H,(H2,17,19). The zero-order chi connectivity index (χ0) is 13.1. The molecule has 3 heteroatoms. The number of fused-ring (bicyclic) bond motifs is 1. The molecule has 1 aliphatic heterocycles. The van der Waals surface area contributed by atoms with Crippen molar-refractivity contribution in [2.24, 2.45) is 15.7 Å². The van der Waals surface area contributed by atoms with Crippen LogP contribution in [0.4, 0.5) is 5.69 Å². The highest BCUT2D eigenvalue weighted by atomic mass is 14.9. The van der Waals surface area contributed by atoms with Gasteiger partial charge in [0.05, 0.1) is 11.4 Å². The molecule has 92 valence electrons. The SMILES string of the molecule is NC1=Nc2ccccc2C(c2ccccc2)=N/C=C\1. The summed E-state index contributed by atoms with van der Waals surface area (Å²) in [5.74, 6) is 0.461. The maximum atomic E-state index is 5.80. The first-order valence-electron chi connectivity index (χ1n) is 6.08. The van der Waals surface area contributed by atoms with Gasteiger partial charge in [0.2, 0.25) is 0 Å². The van der Waals surface area contributed by atoms with Gasteiger partial charge in [-0.15, -0.1) is 0 Å². The molecule has 0 unspecified atom stereocenters. The fourth-order valence-corrected chi connectivity index (χ4v) is 2.03. The van der Waals surface area contributed by atoms with Gasteiger partial charge in [-0.2, -0.15) is 0 Å². The largest absolute Gasteiger partial charge is 0.384 e. The molecule has 0 aromatic heterocycles. The zero-order valence-corrected chi connectivity index (χ0v) is 10.3. The molecule has 2 aromatic carbocycles. The second kappa shape index (κ2) is 4.90. The van der Waals surface area contributed by atoms with E-state index in [-0.39, 0.29) is 0 Å². The Kier molecular flexibility index (Phi) is 2.94. The molecule has 1 heterocycles. The lowest BCUT2D eigenvalue weighted by Gasteiger charge is -2.11. The molecule has 2 N–H and O–H groups in total. The van der Waals surface area contributed by atoms with Crippen molar-refractivity contribution in [2.75, 3.05) is 0 Å². The van der Waals surface area contributed by atoms with Crippen molar-refractivity contribution in [1.82, 2.24) is 0 Å². The summed E-state index contributed by atoms with van der Waals surface area (Å²) in [6.07, 6.45) is 3.40. The molecular formula is C16H13N3. The molecule has 0 radical (unpaired) electrons. The molecule has 0 saturated heterocycles. The maximum absolute atomic E-state index is 5.80. The van der Waals surface area contributed by atoms with Gasteiger partial charge in [-0.1, -0.05) is 48.5 Å². The summed E-state index contributed by atoms with van der Waals surface area (Å²) in [4.78, 5) is 8.92. The van der Waals surface area contributed by atoms with Crippen LogP contribution in [0, 0.1) is 0 Å². The van der Waals surface area contributed by atoms with Crippen molar-refractivity contribution in [3.05, 3.63) is 78.0 Å². The van der Waals surface area contributed by atoms with Crippen LogP contribution in [0.2, 0.25) is 0 Å². The molecule has 0 fully saturated rings. The monoisotopic (exact) mass is 247 g/mol. The number of hydrogen-bond donors (Lipinski definition) is 1. The molecular weight excluding hydrogens is 234 g/mol. The van der Waals surface area contributed by atoms with E-state index in [1.807, 2.05) is 54.6 Å². The first kappa shape index (κ1) is 11.4. The first-order chi connectivity index (χ1) is 9.34. The van der Waals surface area contributed by atoms with Crippen LogP contribution >= 0.6 is 0 Å². The Hall–Kier alpha value is -2.68. The normalized spacial score (nSPS) is 15.6. The molecule has 0 bridgehead atoms. The Balaban J connectivity index is 2.21. The predicted molar refractivity (Wildman–Crippen MR) is 78.9 cm³/mol. The van der Waals surface area contributed by atoms with Crippen LogP contribution < -0.4 is 5.73 Å². The van der Waals surface area contributed by atoms with Gasteiger partial charge < -0.3 is 5.73 Å². The van der Waals surface area contributed by atoms with Crippen LogP contribution in [0.1, 0.15) is 11.1 Å². The Morgan fingerprint density at radius 2 is 1.58 bits per heavy atom. The van der Waals surface area contributed by atoms with Gasteiger partial charge in [0, 0.05) is 17.3 Å². The van der Waals surface area contributed by atoms with E-state index in [0.717, 1.165) is 22.5 Å². The van der Waals surface area contributed by atoms with Crippen LogP contribution in [-0.4, -0.2) is 11.5 Å². The van der Waals surface area contributed by atoms with Crippen molar-refractivity contribution >= 4 is 17.2 Å². The highest BCUT2D eigenvalue weighted by Crippen LogP contribution is 2.24. The second-order valence-corrected chi connectivity index (χ2v) is 4.21. The third-order valence-corrected chi connectivity index (χ3v) is 2.90. The van der Waals surface area contributed by atoms with Crippen molar-refractivity contribution in [3.8, 4) is 0 Å². The number of nitrogens with zero attached hydrogens (tertiary/aromatic N) is 2. The molecule has 3 nitrogen and oxygen atoms in total. The van der Waals surface area contributed by atoms with E-state index in [0.29, 0.717) is 5.84 Å². The topological polar surface area (TPSA) is 50.7 Å². The van der Waals surface area contributed by atoms with Crippen molar-refractivity contribution < 1.29 is 0 Å². The highest BCUT2D eigenvalue weighted by molar-refractivity contribution is 6.16. The number of benzene rings is 2. The molecule has 19 heavy (non-hydrogen) atoms. The van der Waals surface area contributed by atoms with Crippen LogP contribution in [0.25, 0.3) is 0 Å². The molecule has 0 amide bonds. The summed E-state index contributed by atoms with van der Waals surface area (Å²) in [6.45, 7) is 0. The summed E-state index contributed by atoms with van der Waals surface area (Å²) < 4.78 is 0. The number of aliphatic imine (C=N–C) groups is 2. The number of hydrogen-bond acceptors (Lipinski definition) is 3. The first-order valence-corrected chi connectivity index (χ1v) is 6.08. The van der Waals surface area contributed by atoms with Crippen LogP contribution in [-0.2, 0) is 0 Å². The average Bonchev–Trinajstić information content (AvgIpc) is 2.43. The second-order valence-electron chi connectivity index (χ2n) is 4.21. The van der Waals surface area contributed by atoms with Gasteiger partial charge in [-0.3, -0.25) is 4.99 Å². The average molecular weight is 247 g/mol. The summed E-state index contributed by atoms with van der Waals surface area (Å²) in [7, 11) is 0. The summed E-state index contributed by atoms with van der Waals surface area (Å²) in [5.41, 5.74) is 9.60. The van der Waals surface area contributed by atoms with Gasteiger partial charge in [-0.05, 0) is 12.1 Å². The number of rotatable bonds is 1. The third kappa shape index (κ3) is 2.31. The summed E-state index contributed by atoms with van der Waals surface area (Å²) in [6, 6.07) is 18.0. The third-order valence-electron chi connectivity index (χ3n) is 2.90. The Morgan fingerprint density at radius 3 is 2.42 bits per heavy atom. The number of para-hydroxylation sites is 1. The molecule has 0 saturated carbocycles. The Labute approximate surface area is 111 Å². The molecule has 0 atom stereocenters. The van der Waals surface area contributed by atoms with Gasteiger partial charge in [0.15, 0.2) is 0 Å². The van der Waals surface area contributed by atoms with Crippen LogP contribution in [0.15, 0.2) is 76.9 Å². The molecule has 0 aliphatic carbocycles. The van der Waals surface area contributed by atoms with E-state index in [9.17, 15) is 0 Å². The Morgan fingerprint density at radius 1 is 0.842 bits per heavy atom. The fourth-order valence-electron chi connectivity index (χ4n) is 2.03. The van der Waals surface area contributed by atoms with E-state index in [2.05, 4.69) is 9.98 Å². The van der Waals surface area contributed by atoms with Crippen LogP contribution in [0.3, 0.4) is 0 Å². The minimum atomic E-state index is 0.461. The van der Waals surface area contributed by atoms with Gasteiger partial charge in [0.1, 0.15) is 5.84 Å². The van der Waals surface area contributed by atoms with E-state index in [4.69, 9.17) is 5.73 Å². The van der Waals surface area contributed by atoms with Crippen LogP contribution in [0.5, 0.6) is 0 Å². The lowest BCUT2D eigenvalue weighted by molar-refractivity contribution is 1.41. The zero-order valence-electron chi connectivity index (χ0n) is 10.3. The molecule has 3 rings (SSSR count). The minimum absolute atomic E-state index is 0.461. The highest BCUT2D eigenvalue weighted by Gasteiger charge is 2.11. The smallest absolute Gasteiger partial charge is 0.125 e. The summed E-state index contributed by atoms with van der Waals surface area (Å²) in [5, 5.41) is 0. The van der Waals surface area contributed by atoms with E-state index in [1.54, 1.807) is 12.3 Å². The molecule has 1 aliphatic rings. The van der Waals surface area contributed by atoms with Gasteiger partial charge in [-0.25, -0.2) is 4.99 Å². The van der Waals surface area contributed by atoms with Crippen molar-refractivity contribution in [2.45, 2.75) is 0 Å². The minimum Gasteiger partial charge on any atom is -0.384 e. The summed E-state index contributed by atoms with van der Waals surface area (Å²) >= 11 is 0. The maximum Gasteiger partial charge on any atom is 0.125 e. The molecule has 0 spiro atoms.